The Morgan fingerprint density at radius 2 is 1.79 bits per heavy atom. The first-order valence-electron chi connectivity index (χ1n) is 7.82. The van der Waals surface area contributed by atoms with Gasteiger partial charge in [0.05, 0.1) is 6.61 Å². The molecule has 0 radical (unpaired) electrons. The van der Waals surface area contributed by atoms with Crippen molar-refractivity contribution < 1.29 is 4.74 Å². The third-order valence-electron chi connectivity index (χ3n) is 4.60. The van der Waals surface area contributed by atoms with E-state index in [1.54, 1.807) is 0 Å². The van der Waals surface area contributed by atoms with Crippen LogP contribution in [0.4, 0.5) is 0 Å². The summed E-state index contributed by atoms with van der Waals surface area (Å²) >= 11 is 0. The molecular weight excluding hydrogens is 234 g/mol. The van der Waals surface area contributed by atoms with Gasteiger partial charge in [0.15, 0.2) is 0 Å². The van der Waals surface area contributed by atoms with Gasteiger partial charge in [-0.1, -0.05) is 43.2 Å². The Morgan fingerprint density at radius 3 is 2.58 bits per heavy atom. The Morgan fingerprint density at radius 1 is 0.947 bits per heavy atom. The quantitative estimate of drug-likeness (QED) is 0.897. The van der Waals surface area contributed by atoms with E-state index in [0.29, 0.717) is 18.0 Å². The predicted octanol–water partition coefficient (Wildman–Crippen LogP) is 3.48. The van der Waals surface area contributed by atoms with Gasteiger partial charge >= 0.3 is 0 Å². The lowest BCUT2D eigenvalue weighted by molar-refractivity contribution is 0.0628. The third kappa shape index (κ3) is 3.37. The molecule has 3 atom stereocenters. The molecule has 2 fully saturated rings. The number of hydrogen-bond donors (Lipinski definition) is 1. The molecule has 3 rings (SSSR count). The van der Waals surface area contributed by atoms with E-state index >= 15 is 0 Å². The Balaban J connectivity index is 1.66. The van der Waals surface area contributed by atoms with Crippen molar-refractivity contribution in [2.45, 2.75) is 56.5 Å². The molecule has 2 aliphatic rings. The second-order valence-electron chi connectivity index (χ2n) is 5.99. The van der Waals surface area contributed by atoms with Gasteiger partial charge in [-0.15, -0.1) is 0 Å². The molecule has 2 nitrogen and oxygen atoms in total. The summed E-state index contributed by atoms with van der Waals surface area (Å²) in [4.78, 5) is 0. The molecule has 3 unspecified atom stereocenters. The van der Waals surface area contributed by atoms with Gasteiger partial charge in [-0.05, 0) is 37.2 Å². The number of nitrogens with one attached hydrogen (secondary N) is 1. The maximum absolute atomic E-state index is 5.60. The number of benzene rings is 1. The molecule has 1 saturated carbocycles. The SMILES string of the molecule is c1ccc(C2CCCCC2NC2CCCOC2)cc1. The molecule has 1 aromatic carbocycles. The van der Waals surface area contributed by atoms with Gasteiger partial charge in [0.1, 0.15) is 0 Å². The summed E-state index contributed by atoms with van der Waals surface area (Å²) in [5.41, 5.74) is 1.51. The maximum Gasteiger partial charge on any atom is 0.0619 e. The second-order valence-corrected chi connectivity index (χ2v) is 5.99. The lowest BCUT2D eigenvalue weighted by atomic mass is 9.79. The van der Waals surface area contributed by atoms with E-state index < -0.39 is 0 Å². The molecule has 19 heavy (non-hydrogen) atoms. The molecule has 2 heteroatoms. The first kappa shape index (κ1) is 13.1. The topological polar surface area (TPSA) is 21.3 Å². The van der Waals surface area contributed by atoms with Gasteiger partial charge in [-0.25, -0.2) is 0 Å². The van der Waals surface area contributed by atoms with Crippen molar-refractivity contribution in [3.8, 4) is 0 Å². The lowest BCUT2D eigenvalue weighted by Crippen LogP contribution is -2.46. The van der Waals surface area contributed by atoms with Crippen LogP contribution in [0.5, 0.6) is 0 Å². The third-order valence-corrected chi connectivity index (χ3v) is 4.60. The maximum atomic E-state index is 5.60. The molecular formula is C17H25NO. The molecule has 1 aliphatic carbocycles. The first-order valence-corrected chi connectivity index (χ1v) is 7.82. The van der Waals surface area contributed by atoms with Crippen LogP contribution in [0.2, 0.25) is 0 Å². The van der Waals surface area contributed by atoms with E-state index in [9.17, 15) is 0 Å². The van der Waals surface area contributed by atoms with Gasteiger partial charge in [0.25, 0.3) is 0 Å². The highest BCUT2D eigenvalue weighted by Crippen LogP contribution is 2.33. The van der Waals surface area contributed by atoms with E-state index in [1.165, 1.54) is 44.1 Å². The van der Waals surface area contributed by atoms with Crippen LogP contribution in [-0.4, -0.2) is 25.3 Å². The molecule has 1 N–H and O–H groups in total. The van der Waals surface area contributed by atoms with Crippen LogP contribution in [0, 0.1) is 0 Å². The predicted molar refractivity (Wildman–Crippen MR) is 78.4 cm³/mol. The fourth-order valence-corrected chi connectivity index (χ4v) is 3.60. The zero-order valence-corrected chi connectivity index (χ0v) is 11.7. The van der Waals surface area contributed by atoms with E-state index in [-0.39, 0.29) is 0 Å². The summed E-state index contributed by atoms with van der Waals surface area (Å²) in [7, 11) is 0. The van der Waals surface area contributed by atoms with Crippen molar-refractivity contribution in [1.29, 1.82) is 0 Å². The van der Waals surface area contributed by atoms with Gasteiger partial charge < -0.3 is 10.1 Å². The average Bonchev–Trinajstić information content (AvgIpc) is 2.50. The standard InChI is InChI=1S/C17H25NO/c1-2-7-14(8-3-1)16-10-4-5-11-17(16)18-15-9-6-12-19-13-15/h1-3,7-8,15-18H,4-6,9-13H2. The highest BCUT2D eigenvalue weighted by molar-refractivity contribution is 5.22. The number of rotatable bonds is 3. The minimum Gasteiger partial charge on any atom is -0.380 e. The van der Waals surface area contributed by atoms with Gasteiger partial charge in [-0.3, -0.25) is 0 Å². The minimum absolute atomic E-state index is 0.572. The fourth-order valence-electron chi connectivity index (χ4n) is 3.60. The van der Waals surface area contributed by atoms with Crippen molar-refractivity contribution in [1.82, 2.24) is 5.32 Å². The van der Waals surface area contributed by atoms with Crippen molar-refractivity contribution in [3.63, 3.8) is 0 Å². The zero-order chi connectivity index (χ0) is 12.9. The monoisotopic (exact) mass is 259 g/mol. The highest BCUT2D eigenvalue weighted by Gasteiger charge is 2.28. The molecule has 0 aromatic heterocycles. The van der Waals surface area contributed by atoms with E-state index in [2.05, 4.69) is 35.6 Å². The summed E-state index contributed by atoms with van der Waals surface area (Å²) in [5.74, 6) is 0.692. The van der Waals surface area contributed by atoms with Crippen LogP contribution in [-0.2, 0) is 4.74 Å². The van der Waals surface area contributed by atoms with Crippen molar-refractivity contribution >= 4 is 0 Å². The van der Waals surface area contributed by atoms with Gasteiger partial charge in [0, 0.05) is 18.7 Å². The molecule has 1 aromatic rings. The van der Waals surface area contributed by atoms with Gasteiger partial charge in [0.2, 0.25) is 0 Å². The molecule has 0 bridgehead atoms. The summed E-state index contributed by atoms with van der Waals surface area (Å²) in [6.07, 6.45) is 7.87. The Bertz CT molecular complexity index is 372. The first-order chi connectivity index (χ1) is 9.43. The molecule has 0 spiro atoms. The Hall–Kier alpha value is -0.860. The van der Waals surface area contributed by atoms with E-state index in [1.807, 2.05) is 0 Å². The van der Waals surface area contributed by atoms with Crippen LogP contribution in [0.25, 0.3) is 0 Å². The van der Waals surface area contributed by atoms with E-state index in [4.69, 9.17) is 4.74 Å². The van der Waals surface area contributed by atoms with Crippen molar-refractivity contribution in [2.75, 3.05) is 13.2 Å². The average molecular weight is 259 g/mol. The number of hydrogen-bond acceptors (Lipinski definition) is 2. The second kappa shape index (κ2) is 6.53. The molecule has 104 valence electrons. The lowest BCUT2D eigenvalue weighted by Gasteiger charge is -2.36. The van der Waals surface area contributed by atoms with Crippen molar-refractivity contribution in [2.24, 2.45) is 0 Å². The molecule has 1 aliphatic heterocycles. The molecule has 1 heterocycles. The summed E-state index contributed by atoms with van der Waals surface area (Å²) in [6.45, 7) is 1.85. The molecule has 1 saturated heterocycles. The van der Waals surface area contributed by atoms with Crippen LogP contribution >= 0.6 is 0 Å². The summed E-state index contributed by atoms with van der Waals surface area (Å²) in [5, 5.41) is 3.88. The zero-order valence-electron chi connectivity index (χ0n) is 11.7. The highest BCUT2D eigenvalue weighted by atomic mass is 16.5. The van der Waals surface area contributed by atoms with Crippen LogP contribution in [0.1, 0.15) is 50.0 Å². The normalized spacial score (nSPS) is 32.1. The summed E-state index contributed by atoms with van der Waals surface area (Å²) in [6, 6.07) is 12.3. The fraction of sp³-hybridized carbons (Fsp3) is 0.647. The van der Waals surface area contributed by atoms with Crippen LogP contribution in [0.15, 0.2) is 30.3 Å². The largest absolute Gasteiger partial charge is 0.380 e. The summed E-state index contributed by atoms with van der Waals surface area (Å²) < 4.78 is 5.60. The smallest absolute Gasteiger partial charge is 0.0619 e. The minimum atomic E-state index is 0.572. The Kier molecular flexibility index (Phi) is 4.52. The van der Waals surface area contributed by atoms with Crippen LogP contribution in [0.3, 0.4) is 0 Å². The van der Waals surface area contributed by atoms with Crippen molar-refractivity contribution in [3.05, 3.63) is 35.9 Å². The van der Waals surface area contributed by atoms with E-state index in [0.717, 1.165) is 13.2 Å². The number of ether oxygens (including phenoxy) is 1. The van der Waals surface area contributed by atoms with Crippen LogP contribution < -0.4 is 5.32 Å². The molecule has 0 amide bonds. The Labute approximate surface area is 116 Å². The van der Waals surface area contributed by atoms with Gasteiger partial charge in [-0.2, -0.15) is 0 Å².